The van der Waals surface area contributed by atoms with Crippen LogP contribution in [0.15, 0.2) is 54.6 Å². The van der Waals surface area contributed by atoms with Gasteiger partial charge in [0.05, 0.1) is 6.04 Å². The van der Waals surface area contributed by atoms with Crippen LogP contribution in [-0.2, 0) is 4.79 Å². The summed E-state index contributed by atoms with van der Waals surface area (Å²) < 4.78 is 0. The lowest BCUT2D eigenvalue weighted by Gasteiger charge is -2.11. The molecule has 2 aromatic rings. The zero-order chi connectivity index (χ0) is 26.6. The second kappa shape index (κ2) is 19.6. The van der Waals surface area contributed by atoms with Gasteiger partial charge in [-0.25, -0.2) is 0 Å². The number of carbonyl (C=O) groups excluding carboxylic acids is 2. The minimum absolute atomic E-state index is 0.0702. The fourth-order valence-corrected chi connectivity index (χ4v) is 4.37. The van der Waals surface area contributed by atoms with Crippen molar-refractivity contribution in [3.8, 4) is 11.1 Å². The summed E-state index contributed by atoms with van der Waals surface area (Å²) in [6, 6.07) is 17.4. The minimum atomic E-state index is -0.381. The predicted octanol–water partition coefficient (Wildman–Crippen LogP) is 5.21. The summed E-state index contributed by atoms with van der Waals surface area (Å²) in [7, 11) is 0. The lowest BCUT2D eigenvalue weighted by atomic mass is 10.0. The first kappa shape index (κ1) is 30.7. The molecule has 37 heavy (non-hydrogen) atoms. The molecule has 0 aliphatic carbocycles. The van der Waals surface area contributed by atoms with E-state index in [1.807, 2.05) is 42.5 Å². The highest BCUT2D eigenvalue weighted by Crippen LogP contribution is 2.19. The summed E-state index contributed by atoms with van der Waals surface area (Å²) in [5.41, 5.74) is 14.5. The maximum absolute atomic E-state index is 12.4. The van der Waals surface area contributed by atoms with Gasteiger partial charge >= 0.3 is 0 Å². The monoisotopic (exact) mass is 508 g/mol. The molecule has 1 atom stereocenters. The summed E-state index contributed by atoms with van der Waals surface area (Å²) in [5, 5.41) is 6.38. The van der Waals surface area contributed by atoms with Crippen LogP contribution in [0.3, 0.4) is 0 Å². The summed E-state index contributed by atoms with van der Waals surface area (Å²) in [6.45, 7) is 3.45. The summed E-state index contributed by atoms with van der Waals surface area (Å²) in [5.74, 6) is 0.102. The minimum Gasteiger partial charge on any atom is -0.352 e. The molecular formula is C31H48N4O2. The fourth-order valence-electron chi connectivity index (χ4n) is 4.37. The number of benzene rings is 2. The Balaban J connectivity index is 1.45. The van der Waals surface area contributed by atoms with Crippen molar-refractivity contribution in [2.24, 2.45) is 11.5 Å². The number of nitrogens with two attached hydrogens (primary N) is 2. The van der Waals surface area contributed by atoms with Crippen molar-refractivity contribution < 1.29 is 9.59 Å². The molecule has 6 nitrogen and oxygen atoms in total. The van der Waals surface area contributed by atoms with Gasteiger partial charge in [-0.2, -0.15) is 0 Å². The Labute approximate surface area is 224 Å². The van der Waals surface area contributed by atoms with E-state index >= 15 is 0 Å². The van der Waals surface area contributed by atoms with Crippen LogP contribution < -0.4 is 22.1 Å². The lowest BCUT2D eigenvalue weighted by molar-refractivity contribution is -0.120. The smallest absolute Gasteiger partial charge is 0.251 e. The second-order valence-electron chi connectivity index (χ2n) is 9.88. The fraction of sp³-hybridized carbons (Fsp3) is 0.548. The summed E-state index contributed by atoms with van der Waals surface area (Å²) in [6.07, 6.45) is 12.2. The van der Waals surface area contributed by atoms with Gasteiger partial charge in [0.1, 0.15) is 5.78 Å². The van der Waals surface area contributed by atoms with E-state index in [1.54, 1.807) is 0 Å². The molecule has 2 rings (SSSR count). The van der Waals surface area contributed by atoms with Crippen molar-refractivity contribution in [3.63, 3.8) is 0 Å². The maximum atomic E-state index is 12.4. The SMILES string of the molecule is NCCCNCCCCCCCCCC(=O)[C@@H](N)CCCCNC(=O)c1ccc(-c2ccccc2)cc1. The molecular weight excluding hydrogens is 460 g/mol. The first-order valence-electron chi connectivity index (χ1n) is 14.2. The topological polar surface area (TPSA) is 110 Å². The summed E-state index contributed by atoms with van der Waals surface area (Å²) >= 11 is 0. The van der Waals surface area contributed by atoms with Gasteiger partial charge in [0.2, 0.25) is 0 Å². The number of carbonyl (C=O) groups is 2. The van der Waals surface area contributed by atoms with Crippen molar-refractivity contribution in [1.29, 1.82) is 0 Å². The molecule has 0 unspecified atom stereocenters. The standard InChI is InChI=1S/C31H48N4O2/c32-22-13-24-34-23-11-5-3-1-2-4-9-17-30(36)29(33)16-10-12-25-35-31(37)28-20-18-27(19-21-28)26-14-7-6-8-15-26/h6-8,14-15,18-21,29,34H,1-5,9-13,16-17,22-25,32-33H2,(H,35,37)/t29-/m0/s1. The van der Waals surface area contributed by atoms with Crippen LogP contribution in [0.25, 0.3) is 11.1 Å². The summed E-state index contributed by atoms with van der Waals surface area (Å²) in [4.78, 5) is 24.7. The van der Waals surface area contributed by atoms with Crippen LogP contribution in [0.5, 0.6) is 0 Å². The molecule has 0 saturated carbocycles. The predicted molar refractivity (Wildman–Crippen MR) is 155 cm³/mol. The third-order valence-electron chi connectivity index (χ3n) is 6.73. The Morgan fingerprint density at radius 3 is 1.97 bits per heavy atom. The van der Waals surface area contributed by atoms with Crippen molar-refractivity contribution >= 4 is 11.7 Å². The van der Waals surface area contributed by atoms with Crippen LogP contribution in [0.1, 0.15) is 87.4 Å². The number of hydrogen-bond acceptors (Lipinski definition) is 5. The lowest BCUT2D eigenvalue weighted by Crippen LogP contribution is -2.30. The highest BCUT2D eigenvalue weighted by molar-refractivity contribution is 5.94. The van der Waals surface area contributed by atoms with E-state index in [0.29, 0.717) is 24.9 Å². The number of ketones is 1. The molecule has 0 radical (unpaired) electrons. The average molecular weight is 509 g/mol. The molecule has 6 heteroatoms. The van der Waals surface area contributed by atoms with Crippen LogP contribution in [-0.4, -0.2) is 43.9 Å². The van der Waals surface area contributed by atoms with Gasteiger partial charge in [0, 0.05) is 18.5 Å². The molecule has 1 amide bonds. The Kier molecular flexibility index (Phi) is 16.2. The van der Waals surface area contributed by atoms with E-state index in [2.05, 4.69) is 22.8 Å². The van der Waals surface area contributed by atoms with Crippen molar-refractivity contribution in [2.75, 3.05) is 26.2 Å². The normalized spacial score (nSPS) is 11.8. The maximum Gasteiger partial charge on any atom is 0.251 e. The molecule has 0 spiro atoms. The Morgan fingerprint density at radius 2 is 1.27 bits per heavy atom. The Hall–Kier alpha value is -2.54. The largest absolute Gasteiger partial charge is 0.352 e. The molecule has 0 bridgehead atoms. The van der Waals surface area contributed by atoms with Crippen LogP contribution in [0.2, 0.25) is 0 Å². The van der Waals surface area contributed by atoms with Gasteiger partial charge in [-0.05, 0) is 81.4 Å². The first-order chi connectivity index (χ1) is 18.1. The van der Waals surface area contributed by atoms with Crippen LogP contribution >= 0.6 is 0 Å². The Morgan fingerprint density at radius 1 is 0.676 bits per heavy atom. The third kappa shape index (κ3) is 13.5. The van der Waals surface area contributed by atoms with E-state index in [1.165, 1.54) is 32.1 Å². The molecule has 2 aromatic carbocycles. The van der Waals surface area contributed by atoms with E-state index in [0.717, 1.165) is 62.9 Å². The zero-order valence-corrected chi connectivity index (χ0v) is 22.6. The van der Waals surface area contributed by atoms with Gasteiger partial charge in [-0.15, -0.1) is 0 Å². The average Bonchev–Trinajstić information content (AvgIpc) is 2.93. The van der Waals surface area contributed by atoms with Crippen molar-refractivity contribution in [3.05, 3.63) is 60.2 Å². The zero-order valence-electron chi connectivity index (χ0n) is 22.6. The molecule has 0 heterocycles. The molecule has 0 aromatic heterocycles. The number of nitrogens with one attached hydrogen (secondary N) is 2. The molecule has 0 saturated heterocycles. The first-order valence-corrected chi connectivity index (χ1v) is 14.2. The van der Waals surface area contributed by atoms with Gasteiger partial charge in [0.15, 0.2) is 0 Å². The second-order valence-corrected chi connectivity index (χ2v) is 9.88. The number of amides is 1. The van der Waals surface area contributed by atoms with E-state index in [-0.39, 0.29) is 17.7 Å². The quantitative estimate of drug-likeness (QED) is 0.173. The third-order valence-corrected chi connectivity index (χ3v) is 6.73. The van der Waals surface area contributed by atoms with Crippen molar-refractivity contribution in [2.45, 2.75) is 83.1 Å². The van der Waals surface area contributed by atoms with Crippen LogP contribution in [0.4, 0.5) is 0 Å². The van der Waals surface area contributed by atoms with E-state index in [9.17, 15) is 9.59 Å². The van der Waals surface area contributed by atoms with E-state index < -0.39 is 0 Å². The van der Waals surface area contributed by atoms with Crippen molar-refractivity contribution in [1.82, 2.24) is 10.6 Å². The van der Waals surface area contributed by atoms with Gasteiger partial charge in [0.25, 0.3) is 5.91 Å². The molecule has 0 aliphatic rings. The van der Waals surface area contributed by atoms with Gasteiger partial charge in [-0.3, -0.25) is 9.59 Å². The molecule has 204 valence electrons. The number of Topliss-reactive ketones (excluding diaryl/α,β-unsaturated/α-hetero) is 1. The van der Waals surface area contributed by atoms with E-state index in [4.69, 9.17) is 11.5 Å². The number of rotatable bonds is 21. The highest BCUT2D eigenvalue weighted by Gasteiger charge is 2.12. The molecule has 0 aliphatic heterocycles. The number of hydrogen-bond donors (Lipinski definition) is 4. The number of unbranched alkanes of at least 4 members (excludes halogenated alkanes) is 7. The van der Waals surface area contributed by atoms with Gasteiger partial charge in [-0.1, -0.05) is 74.6 Å². The van der Waals surface area contributed by atoms with Crippen LogP contribution in [0, 0.1) is 0 Å². The Bertz CT molecular complexity index is 871. The highest BCUT2D eigenvalue weighted by atomic mass is 16.1. The molecule has 0 fully saturated rings. The van der Waals surface area contributed by atoms with Gasteiger partial charge < -0.3 is 22.1 Å². The molecule has 6 N–H and O–H groups in total.